The standard InChI is InChI=1S/C21H20N4O4/c1-14(2)17-9-6-16(7-10-17)13-20-23-24-21(29-20)22-19(26)11-8-15-4-3-5-18(12-15)25(27)28/h3-12,14H,13H2,1-2H3,(H,22,24,26). The van der Waals surface area contributed by atoms with Crippen molar-refractivity contribution in [3.8, 4) is 0 Å². The number of nitro groups is 1. The molecule has 1 aromatic heterocycles. The molecule has 1 N–H and O–H groups in total. The second-order valence-electron chi connectivity index (χ2n) is 6.75. The topological polar surface area (TPSA) is 111 Å². The van der Waals surface area contributed by atoms with Crippen molar-refractivity contribution >= 4 is 23.7 Å². The number of hydrogen-bond acceptors (Lipinski definition) is 6. The molecule has 0 aliphatic heterocycles. The Hall–Kier alpha value is -3.81. The van der Waals surface area contributed by atoms with E-state index in [0.717, 1.165) is 5.56 Å². The molecule has 1 amide bonds. The molecular weight excluding hydrogens is 372 g/mol. The molecule has 148 valence electrons. The number of nitrogens with zero attached hydrogens (tertiary/aromatic N) is 3. The highest BCUT2D eigenvalue weighted by molar-refractivity contribution is 6.00. The van der Waals surface area contributed by atoms with Gasteiger partial charge in [-0.2, -0.15) is 0 Å². The smallest absolute Gasteiger partial charge is 0.322 e. The molecule has 0 atom stereocenters. The predicted molar refractivity (Wildman–Crippen MR) is 108 cm³/mol. The number of aromatic nitrogens is 2. The second-order valence-corrected chi connectivity index (χ2v) is 6.75. The molecule has 2 aromatic carbocycles. The van der Waals surface area contributed by atoms with Gasteiger partial charge < -0.3 is 4.42 Å². The van der Waals surface area contributed by atoms with Gasteiger partial charge in [-0.15, -0.1) is 5.10 Å². The fraction of sp³-hybridized carbons (Fsp3) is 0.190. The van der Waals surface area contributed by atoms with E-state index in [1.807, 2.05) is 12.1 Å². The van der Waals surface area contributed by atoms with E-state index in [0.29, 0.717) is 23.8 Å². The molecular formula is C21H20N4O4. The number of nitrogens with one attached hydrogen (secondary N) is 1. The largest absolute Gasteiger partial charge is 0.407 e. The van der Waals surface area contributed by atoms with E-state index in [1.54, 1.807) is 12.1 Å². The lowest BCUT2D eigenvalue weighted by molar-refractivity contribution is -0.384. The van der Waals surface area contributed by atoms with Gasteiger partial charge in [0.1, 0.15) is 0 Å². The van der Waals surface area contributed by atoms with E-state index < -0.39 is 10.8 Å². The van der Waals surface area contributed by atoms with Crippen molar-refractivity contribution in [2.75, 3.05) is 5.32 Å². The average molecular weight is 392 g/mol. The third kappa shape index (κ3) is 5.58. The van der Waals surface area contributed by atoms with Crippen LogP contribution in [0.2, 0.25) is 0 Å². The van der Waals surface area contributed by atoms with Crippen LogP contribution in [0.3, 0.4) is 0 Å². The van der Waals surface area contributed by atoms with Crippen molar-refractivity contribution in [1.82, 2.24) is 10.2 Å². The lowest BCUT2D eigenvalue weighted by atomic mass is 10.0. The highest BCUT2D eigenvalue weighted by Crippen LogP contribution is 2.17. The summed E-state index contributed by atoms with van der Waals surface area (Å²) in [7, 11) is 0. The number of rotatable bonds is 7. The van der Waals surface area contributed by atoms with Crippen LogP contribution in [0.4, 0.5) is 11.7 Å². The van der Waals surface area contributed by atoms with E-state index in [-0.39, 0.29) is 11.7 Å². The highest BCUT2D eigenvalue weighted by atomic mass is 16.6. The van der Waals surface area contributed by atoms with Crippen LogP contribution in [-0.4, -0.2) is 21.0 Å². The number of benzene rings is 2. The Bertz CT molecular complexity index is 1040. The maximum Gasteiger partial charge on any atom is 0.322 e. The molecule has 0 unspecified atom stereocenters. The van der Waals surface area contributed by atoms with E-state index in [4.69, 9.17) is 4.42 Å². The molecule has 0 aliphatic carbocycles. The van der Waals surface area contributed by atoms with Gasteiger partial charge in [0, 0.05) is 18.2 Å². The number of carbonyl (C=O) groups is 1. The van der Waals surface area contributed by atoms with E-state index >= 15 is 0 Å². The minimum Gasteiger partial charge on any atom is -0.407 e. The summed E-state index contributed by atoms with van der Waals surface area (Å²) in [4.78, 5) is 22.3. The summed E-state index contributed by atoms with van der Waals surface area (Å²) in [6.07, 6.45) is 3.17. The van der Waals surface area contributed by atoms with Crippen molar-refractivity contribution in [2.24, 2.45) is 0 Å². The summed E-state index contributed by atoms with van der Waals surface area (Å²) in [5.41, 5.74) is 2.77. The zero-order chi connectivity index (χ0) is 20.8. The van der Waals surface area contributed by atoms with E-state index in [9.17, 15) is 14.9 Å². The zero-order valence-electron chi connectivity index (χ0n) is 16.0. The van der Waals surface area contributed by atoms with Crippen LogP contribution in [0.25, 0.3) is 6.08 Å². The molecule has 0 bridgehead atoms. The van der Waals surface area contributed by atoms with Crippen molar-refractivity contribution in [3.05, 3.63) is 87.3 Å². The van der Waals surface area contributed by atoms with Crippen LogP contribution in [0, 0.1) is 10.1 Å². The van der Waals surface area contributed by atoms with Gasteiger partial charge in [0.05, 0.1) is 11.3 Å². The Morgan fingerprint density at radius 1 is 1.21 bits per heavy atom. The Balaban J connectivity index is 1.58. The lowest BCUT2D eigenvalue weighted by Crippen LogP contribution is -2.07. The summed E-state index contributed by atoms with van der Waals surface area (Å²) >= 11 is 0. The number of non-ortho nitro benzene ring substituents is 1. The van der Waals surface area contributed by atoms with Crippen molar-refractivity contribution in [1.29, 1.82) is 0 Å². The number of carbonyl (C=O) groups excluding carboxylic acids is 1. The van der Waals surface area contributed by atoms with E-state index in [1.165, 1.54) is 29.8 Å². The molecule has 1 heterocycles. The summed E-state index contributed by atoms with van der Waals surface area (Å²) in [6, 6.07) is 14.1. The number of anilines is 1. The third-order valence-corrected chi connectivity index (χ3v) is 4.21. The monoisotopic (exact) mass is 392 g/mol. The van der Waals surface area contributed by atoms with Crippen LogP contribution in [0.5, 0.6) is 0 Å². The number of amides is 1. The highest BCUT2D eigenvalue weighted by Gasteiger charge is 2.10. The van der Waals surface area contributed by atoms with Gasteiger partial charge in [-0.1, -0.05) is 55.3 Å². The van der Waals surface area contributed by atoms with Gasteiger partial charge in [0.15, 0.2) is 0 Å². The summed E-state index contributed by atoms with van der Waals surface area (Å²) in [6.45, 7) is 4.27. The summed E-state index contributed by atoms with van der Waals surface area (Å²) < 4.78 is 5.46. The Kier molecular flexibility index (Phi) is 6.13. The van der Waals surface area contributed by atoms with Gasteiger partial charge in [-0.25, -0.2) is 0 Å². The first-order chi connectivity index (χ1) is 13.9. The van der Waals surface area contributed by atoms with Crippen LogP contribution < -0.4 is 5.32 Å². The maximum absolute atomic E-state index is 12.0. The first-order valence-electron chi connectivity index (χ1n) is 9.05. The fourth-order valence-corrected chi connectivity index (χ4v) is 2.63. The summed E-state index contributed by atoms with van der Waals surface area (Å²) in [5.74, 6) is 0.373. The van der Waals surface area contributed by atoms with Crippen molar-refractivity contribution in [2.45, 2.75) is 26.2 Å². The molecule has 0 radical (unpaired) electrons. The molecule has 0 saturated heterocycles. The lowest BCUT2D eigenvalue weighted by Gasteiger charge is -2.05. The van der Waals surface area contributed by atoms with Crippen LogP contribution in [0.1, 0.15) is 42.3 Å². The minimum atomic E-state index is -0.492. The predicted octanol–water partition coefficient (Wildman–Crippen LogP) is 4.34. The molecule has 0 spiro atoms. The Morgan fingerprint density at radius 2 is 1.97 bits per heavy atom. The molecule has 0 fully saturated rings. The molecule has 3 aromatic rings. The van der Waals surface area contributed by atoms with Gasteiger partial charge >= 0.3 is 6.01 Å². The number of hydrogen-bond donors (Lipinski definition) is 1. The zero-order valence-corrected chi connectivity index (χ0v) is 16.0. The first kappa shape index (κ1) is 19.9. The van der Waals surface area contributed by atoms with Crippen LogP contribution in [0.15, 0.2) is 59.0 Å². The van der Waals surface area contributed by atoms with Gasteiger partial charge in [0.2, 0.25) is 5.89 Å². The van der Waals surface area contributed by atoms with Gasteiger partial charge in [0.25, 0.3) is 11.6 Å². The molecule has 0 saturated carbocycles. The normalized spacial score (nSPS) is 11.1. The first-order valence-corrected chi connectivity index (χ1v) is 9.05. The SMILES string of the molecule is CC(C)c1ccc(Cc2nnc(NC(=O)C=Cc3cccc([N+](=O)[O-])c3)o2)cc1. The van der Waals surface area contributed by atoms with Crippen LogP contribution in [-0.2, 0) is 11.2 Å². The van der Waals surface area contributed by atoms with Crippen molar-refractivity contribution < 1.29 is 14.1 Å². The van der Waals surface area contributed by atoms with E-state index in [2.05, 4.69) is 41.5 Å². The molecule has 29 heavy (non-hydrogen) atoms. The maximum atomic E-state index is 12.0. The molecule has 8 nitrogen and oxygen atoms in total. The fourth-order valence-electron chi connectivity index (χ4n) is 2.63. The van der Waals surface area contributed by atoms with Crippen LogP contribution >= 0.6 is 0 Å². The van der Waals surface area contributed by atoms with Gasteiger partial charge in [-0.3, -0.25) is 20.2 Å². The van der Waals surface area contributed by atoms with Crippen molar-refractivity contribution in [3.63, 3.8) is 0 Å². The molecule has 8 heteroatoms. The third-order valence-electron chi connectivity index (χ3n) is 4.21. The Morgan fingerprint density at radius 3 is 2.66 bits per heavy atom. The quantitative estimate of drug-likeness (QED) is 0.364. The molecule has 0 aliphatic rings. The average Bonchev–Trinajstić information content (AvgIpc) is 3.13. The number of nitro benzene ring substituents is 1. The van der Waals surface area contributed by atoms with Gasteiger partial charge in [-0.05, 0) is 28.7 Å². The Labute approximate surface area is 167 Å². The molecule has 3 rings (SSSR count). The summed E-state index contributed by atoms with van der Waals surface area (Å²) in [5, 5.41) is 21.0. The second kappa shape index (κ2) is 8.92. The minimum absolute atomic E-state index is 0.00695.